The van der Waals surface area contributed by atoms with Crippen LogP contribution in [0.5, 0.6) is 0 Å². The Kier molecular flexibility index (Phi) is 13.7. The SMILES string of the molecule is C=CCO/N=C1\[C@H](C)C[C@](C)(O)[C@H](O[C@@H]2O[C@H](C)C[C@H](N(C)C)[C@H]2O)[C@@H](C)C(=O)[C@@H](C)C(=O)C[C@H](CC)[C@@](C)(O)[C@H](O)[C@H]1C. The number of hydrogen-bond acceptors (Lipinski definition) is 11. The highest BCUT2D eigenvalue weighted by Gasteiger charge is 2.50. The highest BCUT2D eigenvalue weighted by molar-refractivity contribution is 6.03. The second kappa shape index (κ2) is 15.7. The van der Waals surface area contributed by atoms with Crippen molar-refractivity contribution in [3.05, 3.63) is 12.7 Å². The lowest BCUT2D eigenvalue weighted by molar-refractivity contribution is -0.292. The van der Waals surface area contributed by atoms with Crippen molar-refractivity contribution in [3.63, 3.8) is 0 Å². The van der Waals surface area contributed by atoms with Crippen LogP contribution in [-0.2, 0) is 23.9 Å². The molecule has 254 valence electrons. The van der Waals surface area contributed by atoms with Crippen molar-refractivity contribution >= 4 is 17.3 Å². The number of Topliss-reactive ketones (excluding diaryl/α,β-unsaturated/α-hetero) is 2. The molecule has 1 saturated heterocycles. The molecule has 2 fully saturated rings. The van der Waals surface area contributed by atoms with Gasteiger partial charge in [-0.15, -0.1) is 0 Å². The lowest BCUT2D eigenvalue weighted by Crippen LogP contribution is -2.59. The number of ketones is 2. The molecule has 11 heteroatoms. The van der Waals surface area contributed by atoms with Gasteiger partial charge in [-0.3, -0.25) is 9.59 Å². The quantitative estimate of drug-likeness (QED) is 0.143. The van der Waals surface area contributed by atoms with Crippen molar-refractivity contribution in [2.24, 2.45) is 34.7 Å². The van der Waals surface area contributed by atoms with Crippen LogP contribution in [0.25, 0.3) is 0 Å². The third-order valence-electron chi connectivity index (χ3n) is 9.88. The topological polar surface area (TPSA) is 158 Å². The van der Waals surface area contributed by atoms with E-state index in [1.54, 1.807) is 20.8 Å². The summed E-state index contributed by atoms with van der Waals surface area (Å²) in [7, 11) is 3.71. The molecular weight excluding hydrogens is 568 g/mol. The number of carbonyl (C=O) groups is 2. The zero-order chi connectivity index (χ0) is 33.7. The summed E-state index contributed by atoms with van der Waals surface area (Å²) >= 11 is 0. The van der Waals surface area contributed by atoms with Crippen molar-refractivity contribution in [2.45, 2.75) is 129 Å². The average molecular weight is 627 g/mol. The number of rotatable bonds is 7. The molecule has 11 nitrogen and oxygen atoms in total. The van der Waals surface area contributed by atoms with Gasteiger partial charge < -0.3 is 39.6 Å². The van der Waals surface area contributed by atoms with Gasteiger partial charge in [0.05, 0.1) is 41.1 Å². The van der Waals surface area contributed by atoms with E-state index in [1.165, 1.54) is 19.9 Å². The lowest BCUT2D eigenvalue weighted by atomic mass is 9.70. The van der Waals surface area contributed by atoms with Crippen LogP contribution in [0.4, 0.5) is 0 Å². The summed E-state index contributed by atoms with van der Waals surface area (Å²) in [5, 5.41) is 50.7. The van der Waals surface area contributed by atoms with Gasteiger partial charge in [-0.05, 0) is 60.5 Å². The standard InChI is InChI=1S/C33H58N2O9/c1-12-14-42-34-26-18(3)17-32(8,40)30(44-31-28(38)24(35(10)11)15-19(4)43-31)22(7)27(37)20(5)25(36)16-23(13-2)33(9,41)29(39)21(26)6/h12,18-24,28-31,38-41H,1,13-17H2,2-11H3/b34-26+/t18-,19-,20+,21+,22+,23+,24+,28-,29-,30-,31+,32+,33-/m1/s1. The van der Waals surface area contributed by atoms with E-state index < -0.39 is 71.2 Å². The molecule has 2 aliphatic rings. The fraction of sp³-hybridized carbons (Fsp3) is 0.848. The molecule has 1 aliphatic heterocycles. The molecule has 0 radical (unpaired) electrons. The molecular formula is C33H58N2O9. The van der Waals surface area contributed by atoms with Gasteiger partial charge in [-0.25, -0.2) is 0 Å². The number of oxime groups is 1. The van der Waals surface area contributed by atoms with Gasteiger partial charge in [0, 0.05) is 30.2 Å². The van der Waals surface area contributed by atoms with E-state index >= 15 is 0 Å². The molecule has 4 N–H and O–H groups in total. The highest BCUT2D eigenvalue weighted by atomic mass is 16.7. The fourth-order valence-corrected chi connectivity index (χ4v) is 7.02. The number of nitrogens with zero attached hydrogens (tertiary/aromatic N) is 2. The molecule has 0 amide bonds. The lowest BCUT2D eigenvalue weighted by Gasteiger charge is -2.46. The minimum Gasteiger partial charge on any atom is -0.392 e. The Bertz CT molecular complexity index is 1010. The van der Waals surface area contributed by atoms with Crippen LogP contribution in [0.1, 0.15) is 81.1 Å². The maximum absolute atomic E-state index is 13.9. The molecule has 0 bridgehead atoms. The second-order valence-corrected chi connectivity index (χ2v) is 13.8. The van der Waals surface area contributed by atoms with Crippen molar-refractivity contribution < 1.29 is 44.3 Å². The summed E-state index contributed by atoms with van der Waals surface area (Å²) in [6, 6.07) is -0.278. The zero-order valence-electron chi connectivity index (χ0n) is 28.4. The number of aliphatic hydroxyl groups is 4. The van der Waals surface area contributed by atoms with E-state index in [0.717, 1.165) is 0 Å². The Morgan fingerprint density at radius 1 is 1.09 bits per heavy atom. The molecule has 0 aromatic heterocycles. The third kappa shape index (κ3) is 8.74. The van der Waals surface area contributed by atoms with Gasteiger partial charge in [-0.2, -0.15) is 0 Å². The monoisotopic (exact) mass is 626 g/mol. The molecule has 0 spiro atoms. The molecule has 2 rings (SSSR count). The first-order valence-corrected chi connectivity index (χ1v) is 16.0. The minimum absolute atomic E-state index is 0.0137. The van der Waals surface area contributed by atoms with Gasteiger partial charge >= 0.3 is 0 Å². The van der Waals surface area contributed by atoms with Crippen LogP contribution in [0.3, 0.4) is 0 Å². The molecule has 0 unspecified atom stereocenters. The molecule has 0 aromatic carbocycles. The average Bonchev–Trinajstić information content (AvgIpc) is 2.94. The van der Waals surface area contributed by atoms with Crippen LogP contribution in [0.15, 0.2) is 17.8 Å². The van der Waals surface area contributed by atoms with Gasteiger partial charge in [0.1, 0.15) is 24.3 Å². The van der Waals surface area contributed by atoms with E-state index in [9.17, 15) is 30.0 Å². The predicted octanol–water partition coefficient (Wildman–Crippen LogP) is 2.72. The molecule has 1 saturated carbocycles. The van der Waals surface area contributed by atoms with Crippen molar-refractivity contribution in [2.75, 3.05) is 20.7 Å². The van der Waals surface area contributed by atoms with Crippen LogP contribution < -0.4 is 0 Å². The number of hydrogen-bond donors (Lipinski definition) is 4. The number of carbonyl (C=O) groups excluding carboxylic acids is 2. The normalized spacial score (nSPS) is 44.4. The van der Waals surface area contributed by atoms with Gasteiger partial charge in [0.15, 0.2) is 6.29 Å². The Balaban J connectivity index is 2.66. The molecule has 0 aromatic rings. The van der Waals surface area contributed by atoms with E-state index in [1.807, 2.05) is 39.8 Å². The van der Waals surface area contributed by atoms with E-state index in [4.69, 9.17) is 14.3 Å². The minimum atomic E-state index is -1.70. The summed E-state index contributed by atoms with van der Waals surface area (Å²) in [5.74, 6) is -4.72. The Hall–Kier alpha value is -1.73. The maximum Gasteiger partial charge on any atom is 0.185 e. The van der Waals surface area contributed by atoms with Crippen molar-refractivity contribution in [1.29, 1.82) is 0 Å². The molecule has 1 aliphatic carbocycles. The van der Waals surface area contributed by atoms with Crippen LogP contribution >= 0.6 is 0 Å². The molecule has 13 atom stereocenters. The van der Waals surface area contributed by atoms with E-state index in [0.29, 0.717) is 18.6 Å². The summed E-state index contributed by atoms with van der Waals surface area (Å²) < 4.78 is 12.4. The van der Waals surface area contributed by atoms with Crippen LogP contribution in [0, 0.1) is 29.6 Å². The third-order valence-corrected chi connectivity index (χ3v) is 9.88. The zero-order valence-corrected chi connectivity index (χ0v) is 28.4. The highest BCUT2D eigenvalue weighted by Crippen LogP contribution is 2.38. The Labute approximate surface area is 263 Å². The largest absolute Gasteiger partial charge is 0.392 e. The van der Waals surface area contributed by atoms with Gasteiger partial charge in [0.25, 0.3) is 0 Å². The summed E-state index contributed by atoms with van der Waals surface area (Å²) in [4.78, 5) is 34.7. The van der Waals surface area contributed by atoms with Gasteiger partial charge in [0.2, 0.25) is 0 Å². The summed E-state index contributed by atoms with van der Waals surface area (Å²) in [5.41, 5.74) is -3.00. The predicted molar refractivity (Wildman–Crippen MR) is 168 cm³/mol. The van der Waals surface area contributed by atoms with Crippen LogP contribution in [-0.4, -0.2) is 111 Å². The Morgan fingerprint density at radius 2 is 1.70 bits per heavy atom. The summed E-state index contributed by atoms with van der Waals surface area (Å²) in [6.07, 6.45) is -2.60. The number of likely N-dealkylation sites (N-methyl/N-ethyl adjacent to an activating group) is 1. The molecule has 1 heterocycles. The van der Waals surface area contributed by atoms with Crippen molar-refractivity contribution in [1.82, 2.24) is 4.90 Å². The smallest absolute Gasteiger partial charge is 0.185 e. The first kappa shape index (κ1) is 38.5. The van der Waals surface area contributed by atoms with E-state index in [-0.39, 0.29) is 37.4 Å². The van der Waals surface area contributed by atoms with E-state index in [2.05, 4.69) is 11.7 Å². The summed E-state index contributed by atoms with van der Waals surface area (Å²) in [6.45, 7) is 17.2. The Morgan fingerprint density at radius 3 is 2.25 bits per heavy atom. The number of ether oxygens (including phenoxy) is 2. The first-order valence-electron chi connectivity index (χ1n) is 16.0. The van der Waals surface area contributed by atoms with Crippen molar-refractivity contribution in [3.8, 4) is 0 Å². The molecule has 44 heavy (non-hydrogen) atoms. The number of aliphatic hydroxyl groups excluding tert-OH is 2. The first-order chi connectivity index (χ1) is 20.3. The second-order valence-electron chi connectivity index (χ2n) is 13.8. The van der Waals surface area contributed by atoms with Gasteiger partial charge in [-0.1, -0.05) is 51.9 Å². The fourth-order valence-electron chi connectivity index (χ4n) is 7.02. The van der Waals surface area contributed by atoms with Crippen LogP contribution in [0.2, 0.25) is 0 Å². The maximum atomic E-state index is 13.9.